The third-order valence-electron chi connectivity index (χ3n) is 14.7. The van der Waals surface area contributed by atoms with Crippen molar-refractivity contribution in [2.45, 2.75) is 367 Å². The van der Waals surface area contributed by atoms with Gasteiger partial charge in [-0.2, -0.15) is 15.3 Å². The van der Waals surface area contributed by atoms with Crippen molar-refractivity contribution in [1.82, 2.24) is 68.8 Å². The summed E-state index contributed by atoms with van der Waals surface area (Å²) >= 11 is 0. The van der Waals surface area contributed by atoms with Crippen molar-refractivity contribution in [2.24, 2.45) is 0 Å². The molecule has 91 heavy (non-hydrogen) atoms. The Morgan fingerprint density at radius 1 is 0.341 bits per heavy atom. The molecule has 0 bridgehead atoms. The van der Waals surface area contributed by atoms with Gasteiger partial charge in [0.25, 0.3) is 0 Å². The monoisotopic (exact) mass is 1260 g/mol. The van der Waals surface area contributed by atoms with Gasteiger partial charge in [0.2, 0.25) is 0 Å². The van der Waals surface area contributed by atoms with Crippen LogP contribution >= 0.6 is 0 Å². The molecule has 0 saturated heterocycles. The highest BCUT2D eigenvalue weighted by Crippen LogP contribution is 2.31. The van der Waals surface area contributed by atoms with Crippen LogP contribution in [0.15, 0.2) is 68.0 Å². The molecule has 7 rings (SSSR count). The number of hydrogen-bond donors (Lipinski definition) is 3. The first-order valence-electron chi connectivity index (χ1n) is 33.4. The summed E-state index contributed by atoms with van der Waals surface area (Å²) in [5, 5.41) is 16.2. The maximum absolute atomic E-state index is 4.57. The molecule has 0 fully saturated rings. The van der Waals surface area contributed by atoms with Crippen LogP contribution in [0, 0.1) is 0 Å². The smallest absolute Gasteiger partial charge is 0.156 e. The second-order valence-electron chi connectivity index (χ2n) is 39.3. The highest BCUT2D eigenvalue weighted by molar-refractivity contribution is 5.27. The lowest BCUT2D eigenvalue weighted by Gasteiger charge is -2.22. The fourth-order valence-corrected chi connectivity index (χ4v) is 7.64. The molecule has 0 aliphatic rings. The highest BCUT2D eigenvalue weighted by Gasteiger charge is 2.28. The van der Waals surface area contributed by atoms with Crippen LogP contribution in [0.3, 0.4) is 0 Å². The first kappa shape index (κ1) is 83.5. The Morgan fingerprint density at radius 3 is 1.03 bits per heavy atom. The maximum atomic E-state index is 4.57. The van der Waals surface area contributed by atoms with Crippen molar-refractivity contribution in [1.29, 1.82) is 0 Å². The van der Waals surface area contributed by atoms with Crippen LogP contribution in [-0.2, 0) is 76.3 Å². The molecular formula is C77H140N14. The topological polar surface area (TPSA) is 157 Å². The largest absolute Gasteiger partial charge is 0.364 e. The SMILES string of the molecule is CC(C)(C)c1c[nH]c(C(C)(C)C)c1.CC(C)(C)c1ccn(C(C)(C)C)c1.CC(C)(C)c1ccn(C(C)(C)C)n1.CC(C)(C)c1cn(C(C)(C)C)cn1.CC(C)(C)c1cnc(C(C)(C)C)[nH]1.CC(C)(C)c1n[nH]c(C(C)(C)C)n1.CC(C)(C)c1ncn(C(C)(C)C)n1. The van der Waals surface area contributed by atoms with Crippen LogP contribution < -0.4 is 0 Å². The minimum Gasteiger partial charge on any atom is -0.364 e. The molecular weight excluding hydrogens is 1120 g/mol. The predicted octanol–water partition coefficient (Wildman–Crippen LogP) is 20.8. The molecule has 0 aliphatic carbocycles. The van der Waals surface area contributed by atoms with Gasteiger partial charge < -0.3 is 19.1 Å². The van der Waals surface area contributed by atoms with E-state index in [9.17, 15) is 0 Å². The summed E-state index contributed by atoms with van der Waals surface area (Å²) in [5.41, 5.74) is 9.50. The van der Waals surface area contributed by atoms with Gasteiger partial charge in [0.15, 0.2) is 11.6 Å². The van der Waals surface area contributed by atoms with Gasteiger partial charge in [0, 0.05) is 103 Å². The number of aromatic amines is 3. The van der Waals surface area contributed by atoms with Crippen molar-refractivity contribution in [3.63, 3.8) is 0 Å². The van der Waals surface area contributed by atoms with Gasteiger partial charge in [-0.25, -0.2) is 24.6 Å². The summed E-state index contributed by atoms with van der Waals surface area (Å²) in [7, 11) is 0. The van der Waals surface area contributed by atoms with E-state index >= 15 is 0 Å². The number of aromatic nitrogens is 14. The molecule has 7 heterocycles. The van der Waals surface area contributed by atoms with Gasteiger partial charge in [-0.05, 0) is 123 Å². The summed E-state index contributed by atoms with van der Waals surface area (Å²) in [6.45, 7) is 91.4. The Hall–Kier alpha value is -5.53. The lowest BCUT2D eigenvalue weighted by molar-refractivity contribution is 0.348. The molecule has 7 aromatic heterocycles. The van der Waals surface area contributed by atoms with Crippen LogP contribution in [0.2, 0.25) is 0 Å². The minimum absolute atomic E-state index is 0.0243. The quantitative estimate of drug-likeness (QED) is 0.136. The molecule has 0 aromatic carbocycles. The molecule has 0 saturated carbocycles. The second-order valence-corrected chi connectivity index (χ2v) is 39.3. The van der Waals surface area contributed by atoms with Crippen molar-refractivity contribution in [3.8, 4) is 0 Å². The summed E-state index contributed by atoms with van der Waals surface area (Å²) in [6, 6.07) is 6.59. The molecule has 0 amide bonds. The number of H-pyrrole nitrogens is 3. The van der Waals surface area contributed by atoms with Crippen LogP contribution in [0.5, 0.6) is 0 Å². The third-order valence-corrected chi connectivity index (χ3v) is 14.7. The summed E-state index contributed by atoms with van der Waals surface area (Å²) in [6.07, 6.45) is 16.4. The maximum Gasteiger partial charge on any atom is 0.156 e. The molecule has 0 radical (unpaired) electrons. The molecule has 0 unspecified atom stereocenters. The normalized spacial score (nSPS) is 13.4. The van der Waals surface area contributed by atoms with Gasteiger partial charge in [0.05, 0.1) is 28.8 Å². The van der Waals surface area contributed by atoms with E-state index < -0.39 is 0 Å². The summed E-state index contributed by atoms with van der Waals surface area (Å²) in [4.78, 5) is 24.3. The van der Waals surface area contributed by atoms with Crippen molar-refractivity contribution in [3.05, 3.63) is 125 Å². The Bertz CT molecular complexity index is 2400. The fourth-order valence-electron chi connectivity index (χ4n) is 7.64. The van der Waals surface area contributed by atoms with E-state index in [-0.39, 0.29) is 76.3 Å². The van der Waals surface area contributed by atoms with Gasteiger partial charge >= 0.3 is 0 Å². The minimum atomic E-state index is 0.0243. The fraction of sp³-hybridized carbons (Fsp3) is 0.727. The van der Waals surface area contributed by atoms with Crippen LogP contribution in [0.1, 0.15) is 348 Å². The molecule has 7 aromatic rings. The highest BCUT2D eigenvalue weighted by atomic mass is 15.4. The summed E-state index contributed by atoms with van der Waals surface area (Å²) in [5.74, 6) is 3.81. The lowest BCUT2D eigenvalue weighted by Crippen LogP contribution is -2.23. The zero-order valence-corrected chi connectivity index (χ0v) is 66.8. The van der Waals surface area contributed by atoms with E-state index in [4.69, 9.17) is 0 Å². The Labute approximate surface area is 558 Å². The number of rotatable bonds is 0. The molecule has 518 valence electrons. The number of nitrogens with one attached hydrogen (secondary N) is 3. The van der Waals surface area contributed by atoms with E-state index in [2.05, 4.69) is 399 Å². The van der Waals surface area contributed by atoms with Crippen LogP contribution in [-0.4, -0.2) is 68.8 Å². The first-order valence-corrected chi connectivity index (χ1v) is 33.4. The van der Waals surface area contributed by atoms with Gasteiger partial charge in [-0.15, -0.1) is 0 Å². The average Bonchev–Trinajstić information content (AvgIpc) is 1.87. The molecule has 0 aliphatic heterocycles. The van der Waals surface area contributed by atoms with E-state index in [0.29, 0.717) is 0 Å². The Kier molecular flexibility index (Phi) is 27.0. The molecule has 14 heteroatoms. The van der Waals surface area contributed by atoms with E-state index in [1.54, 1.807) is 6.33 Å². The van der Waals surface area contributed by atoms with Crippen molar-refractivity contribution < 1.29 is 0 Å². The zero-order valence-electron chi connectivity index (χ0n) is 66.8. The lowest BCUT2D eigenvalue weighted by atomic mass is 9.86. The van der Waals surface area contributed by atoms with Gasteiger partial charge in [-0.1, -0.05) is 208 Å². The van der Waals surface area contributed by atoms with Gasteiger partial charge in [-0.3, -0.25) is 9.78 Å². The molecule has 0 atom stereocenters. The van der Waals surface area contributed by atoms with Crippen LogP contribution in [0.25, 0.3) is 0 Å². The van der Waals surface area contributed by atoms with Crippen LogP contribution in [0.4, 0.5) is 0 Å². The Morgan fingerprint density at radius 2 is 0.802 bits per heavy atom. The Balaban J connectivity index is 0.000000531. The number of hydrogen-bond acceptors (Lipinski definition) is 7. The third kappa shape index (κ3) is 28.7. The number of nitrogens with zero attached hydrogens (tertiary/aromatic N) is 11. The number of imidazole rings is 2. The first-order chi connectivity index (χ1) is 40.0. The van der Waals surface area contributed by atoms with E-state index in [1.165, 1.54) is 22.5 Å². The zero-order chi connectivity index (χ0) is 71.9. The molecule has 3 N–H and O–H groups in total. The van der Waals surface area contributed by atoms with Gasteiger partial charge in [0.1, 0.15) is 18.0 Å². The average molecular weight is 1260 g/mol. The molecule has 14 nitrogen and oxygen atoms in total. The van der Waals surface area contributed by atoms with E-state index in [1.807, 2.05) is 21.9 Å². The predicted molar refractivity (Wildman–Crippen MR) is 392 cm³/mol. The standard InChI is InChI=1S/2C12H21N.3C11H20N2.2C10H19N3/c1-11(2,3)9-7-10(13-8-9)12(4,5)6;1-11(2,3)10-7-8-13(9-10)12(4,5)6;1-10(2,3)9-7-13(8-12-9)11(4,5)6;1-10(2,3)8-7-12-9(13-8)11(4,5)6;1-10(2,3)9-7-8-13(12-9)11(4,5)6;1-9(2,3)8-11-7-13(12-8)10(4,5)6;1-9(2,3)7-11-8(13-12-7)10(4,5)6/h7-8,13H,1-6H3;7-9H,1-6H3;7-8H,1-6H3;7H,1-6H3,(H,12,13);7-8H,1-6H3;7H,1-6H3;1-6H3,(H,11,12,13). The van der Waals surface area contributed by atoms with Crippen molar-refractivity contribution in [2.75, 3.05) is 0 Å². The van der Waals surface area contributed by atoms with Crippen molar-refractivity contribution >= 4 is 0 Å². The second kappa shape index (κ2) is 29.4. The van der Waals surface area contributed by atoms with E-state index in [0.717, 1.165) is 34.7 Å². The summed E-state index contributed by atoms with van der Waals surface area (Å²) < 4.78 is 8.36. The molecule has 0 spiro atoms.